The van der Waals surface area contributed by atoms with Gasteiger partial charge in [0.25, 0.3) is 5.91 Å². The second kappa shape index (κ2) is 8.75. The number of carbonyl (C=O) groups excluding carboxylic acids is 1. The number of halogens is 1. The summed E-state index contributed by atoms with van der Waals surface area (Å²) in [6.45, 7) is 1.02. The molecule has 0 unspecified atom stereocenters. The first kappa shape index (κ1) is 20.8. The number of aliphatic imine (C=N–C) groups is 1. The smallest absolute Gasteiger partial charge is 0.272 e. The number of amides is 1. The van der Waals surface area contributed by atoms with Gasteiger partial charge in [-0.1, -0.05) is 0 Å². The van der Waals surface area contributed by atoms with E-state index in [9.17, 15) is 19.6 Å². The zero-order chi connectivity index (χ0) is 22.0. The number of aliphatic hydroxyl groups excluding tert-OH is 1. The van der Waals surface area contributed by atoms with Crippen molar-refractivity contribution in [3.8, 4) is 6.07 Å². The predicted molar refractivity (Wildman–Crippen MR) is 109 cm³/mol. The summed E-state index contributed by atoms with van der Waals surface area (Å²) in [7, 11) is 1.56. The summed E-state index contributed by atoms with van der Waals surface area (Å²) in [4.78, 5) is 27.4. The number of nitriles is 1. The van der Waals surface area contributed by atoms with Gasteiger partial charge in [-0.15, -0.1) is 0 Å². The molecule has 1 saturated heterocycles. The molecule has 1 amide bonds. The van der Waals surface area contributed by atoms with Crippen LogP contribution in [0.3, 0.4) is 0 Å². The molecule has 2 aromatic rings. The van der Waals surface area contributed by atoms with E-state index in [1.54, 1.807) is 7.05 Å². The van der Waals surface area contributed by atoms with Gasteiger partial charge >= 0.3 is 0 Å². The molecular formula is C21H21FN6O3. The summed E-state index contributed by atoms with van der Waals surface area (Å²) in [6, 6.07) is 5.59. The van der Waals surface area contributed by atoms with E-state index in [2.05, 4.69) is 20.3 Å². The van der Waals surface area contributed by atoms with Crippen LogP contribution in [0.25, 0.3) is 0 Å². The van der Waals surface area contributed by atoms with E-state index in [4.69, 9.17) is 4.74 Å². The number of likely N-dealkylation sites (N-methyl/N-ethyl adjacent to an activating group) is 1. The Hall–Kier alpha value is -3.42. The second-order valence-electron chi connectivity index (χ2n) is 7.47. The highest BCUT2D eigenvalue weighted by Crippen LogP contribution is 2.26. The van der Waals surface area contributed by atoms with Crippen LogP contribution in [0.1, 0.15) is 28.8 Å². The lowest BCUT2D eigenvalue weighted by molar-refractivity contribution is -0.123. The Morgan fingerprint density at radius 2 is 2.29 bits per heavy atom. The normalized spacial score (nSPS) is 19.9. The molecular weight excluding hydrogens is 403 g/mol. The van der Waals surface area contributed by atoms with Crippen LogP contribution in [-0.4, -0.2) is 64.0 Å². The number of benzene rings is 1. The molecule has 0 bridgehead atoms. The van der Waals surface area contributed by atoms with E-state index in [0.717, 1.165) is 0 Å². The van der Waals surface area contributed by atoms with Crippen molar-refractivity contribution in [2.45, 2.75) is 31.7 Å². The molecule has 9 nitrogen and oxygen atoms in total. The number of anilines is 1. The number of ether oxygens (including phenoxy) is 1. The monoisotopic (exact) mass is 424 g/mol. The quantitative estimate of drug-likeness (QED) is 0.734. The number of aliphatic hydroxyl groups is 1. The van der Waals surface area contributed by atoms with Crippen molar-refractivity contribution in [3.05, 3.63) is 52.7 Å². The molecule has 0 radical (unpaired) electrons. The Balaban J connectivity index is 1.57. The molecule has 2 atom stereocenters. The number of hydrogen-bond donors (Lipinski definition) is 2. The molecule has 0 aliphatic carbocycles. The van der Waals surface area contributed by atoms with Crippen molar-refractivity contribution < 1.29 is 19.0 Å². The van der Waals surface area contributed by atoms with Crippen LogP contribution >= 0.6 is 0 Å². The van der Waals surface area contributed by atoms with Crippen LogP contribution in [0.15, 0.2) is 29.5 Å². The topological polar surface area (TPSA) is 124 Å². The van der Waals surface area contributed by atoms with E-state index >= 15 is 0 Å². The summed E-state index contributed by atoms with van der Waals surface area (Å²) in [5, 5.41) is 22.7. The van der Waals surface area contributed by atoms with Crippen molar-refractivity contribution in [2.75, 3.05) is 25.6 Å². The summed E-state index contributed by atoms with van der Waals surface area (Å²) in [5.41, 5.74) is 2.01. The number of aromatic nitrogens is 2. The van der Waals surface area contributed by atoms with Crippen molar-refractivity contribution in [3.63, 3.8) is 0 Å². The SMILES string of the molecule is CN(Cc1cc(F)ccc1C#N)C(=O)C1=NCc2ncnc(N[C@@H]3CCOC[C@H]3O)c21. The molecule has 10 heteroatoms. The fraction of sp³-hybridized carbons (Fsp3) is 0.381. The van der Waals surface area contributed by atoms with E-state index in [1.165, 1.54) is 29.4 Å². The maximum Gasteiger partial charge on any atom is 0.272 e. The Morgan fingerprint density at radius 3 is 3.06 bits per heavy atom. The van der Waals surface area contributed by atoms with Gasteiger partial charge in [0, 0.05) is 20.2 Å². The average molecular weight is 424 g/mol. The molecule has 2 aliphatic rings. The third kappa shape index (κ3) is 4.23. The van der Waals surface area contributed by atoms with E-state index in [1.807, 2.05) is 6.07 Å². The summed E-state index contributed by atoms with van der Waals surface area (Å²) < 4.78 is 18.9. The fourth-order valence-electron chi connectivity index (χ4n) is 3.68. The fourth-order valence-corrected chi connectivity index (χ4v) is 3.68. The lowest BCUT2D eigenvalue weighted by Crippen LogP contribution is -2.42. The first-order valence-corrected chi connectivity index (χ1v) is 9.83. The van der Waals surface area contributed by atoms with Crippen LogP contribution in [0.5, 0.6) is 0 Å². The summed E-state index contributed by atoms with van der Waals surface area (Å²) >= 11 is 0. The van der Waals surface area contributed by atoms with Gasteiger partial charge in [0.1, 0.15) is 23.7 Å². The van der Waals surface area contributed by atoms with E-state index < -0.39 is 17.8 Å². The van der Waals surface area contributed by atoms with Crippen molar-refractivity contribution in [1.82, 2.24) is 14.9 Å². The maximum atomic E-state index is 13.6. The average Bonchev–Trinajstić information content (AvgIpc) is 3.20. The summed E-state index contributed by atoms with van der Waals surface area (Å²) in [6.07, 6.45) is 1.29. The number of nitrogens with one attached hydrogen (secondary N) is 1. The highest BCUT2D eigenvalue weighted by atomic mass is 19.1. The van der Waals surface area contributed by atoms with Gasteiger partial charge in [-0.3, -0.25) is 9.79 Å². The number of rotatable bonds is 5. The Bertz CT molecular complexity index is 1080. The van der Waals surface area contributed by atoms with Crippen LogP contribution in [-0.2, 0) is 22.6 Å². The molecule has 4 rings (SSSR count). The van der Waals surface area contributed by atoms with Crippen LogP contribution in [0.2, 0.25) is 0 Å². The first-order valence-electron chi connectivity index (χ1n) is 9.83. The Morgan fingerprint density at radius 1 is 1.45 bits per heavy atom. The van der Waals surface area contributed by atoms with Gasteiger partial charge in [-0.2, -0.15) is 5.26 Å². The third-order valence-corrected chi connectivity index (χ3v) is 5.34. The minimum Gasteiger partial charge on any atom is -0.389 e. The number of fused-ring (bicyclic) bond motifs is 1. The molecule has 1 aromatic carbocycles. The molecule has 160 valence electrons. The first-order chi connectivity index (χ1) is 15.0. The van der Waals surface area contributed by atoms with E-state index in [-0.39, 0.29) is 31.4 Å². The largest absolute Gasteiger partial charge is 0.389 e. The highest BCUT2D eigenvalue weighted by molar-refractivity contribution is 6.47. The maximum absolute atomic E-state index is 13.6. The Labute approximate surface area is 178 Å². The van der Waals surface area contributed by atoms with Gasteiger partial charge in [0.2, 0.25) is 0 Å². The molecule has 31 heavy (non-hydrogen) atoms. The van der Waals surface area contributed by atoms with Gasteiger partial charge in [-0.25, -0.2) is 14.4 Å². The Kier molecular flexibility index (Phi) is 5.88. The number of carbonyl (C=O) groups is 1. The van der Waals surface area contributed by atoms with Crippen molar-refractivity contribution in [1.29, 1.82) is 5.26 Å². The van der Waals surface area contributed by atoms with Gasteiger partial charge in [-0.05, 0) is 30.2 Å². The third-order valence-electron chi connectivity index (χ3n) is 5.34. The molecule has 0 spiro atoms. The number of hydrogen-bond acceptors (Lipinski definition) is 8. The van der Waals surface area contributed by atoms with Gasteiger partial charge in [0.05, 0.1) is 48.2 Å². The van der Waals surface area contributed by atoms with E-state index in [0.29, 0.717) is 41.2 Å². The molecule has 0 saturated carbocycles. The number of nitrogens with zero attached hydrogens (tertiary/aromatic N) is 5. The highest BCUT2D eigenvalue weighted by Gasteiger charge is 2.32. The second-order valence-corrected chi connectivity index (χ2v) is 7.47. The van der Waals surface area contributed by atoms with Crippen molar-refractivity contribution in [2.24, 2.45) is 4.99 Å². The minimum absolute atomic E-state index is 0.0446. The van der Waals surface area contributed by atoms with Crippen LogP contribution in [0, 0.1) is 17.1 Å². The molecule has 3 heterocycles. The minimum atomic E-state index is -0.697. The standard InChI is InChI=1S/C21H21FN6O3/c1-28(9-13-6-14(22)3-2-12(13)7-23)21(30)19-18-16(8-24-19)25-11-26-20(18)27-15-4-5-31-10-17(15)29/h2-3,6,11,15,17,29H,4-5,8-10H2,1H3,(H,25,26,27)/t15-,17-/m1/s1. The lowest BCUT2D eigenvalue weighted by Gasteiger charge is -2.29. The molecule has 1 aromatic heterocycles. The zero-order valence-electron chi connectivity index (χ0n) is 16.9. The van der Waals surface area contributed by atoms with Gasteiger partial charge < -0.3 is 20.1 Å². The van der Waals surface area contributed by atoms with Crippen LogP contribution < -0.4 is 5.32 Å². The van der Waals surface area contributed by atoms with Gasteiger partial charge in [0.15, 0.2) is 0 Å². The van der Waals surface area contributed by atoms with Crippen LogP contribution in [0.4, 0.5) is 10.2 Å². The molecule has 1 fully saturated rings. The molecule has 2 N–H and O–H groups in total. The molecule has 2 aliphatic heterocycles. The summed E-state index contributed by atoms with van der Waals surface area (Å²) in [5.74, 6) is -0.442. The zero-order valence-corrected chi connectivity index (χ0v) is 16.9. The van der Waals surface area contributed by atoms with Crippen molar-refractivity contribution >= 4 is 17.4 Å². The lowest BCUT2D eigenvalue weighted by atomic mass is 10.0. The predicted octanol–water partition coefficient (Wildman–Crippen LogP) is 1.01.